The zero-order valence-corrected chi connectivity index (χ0v) is 11.1. The largest absolute Gasteiger partial charge is 0.0845 e. The molecular weight excluding hydrogens is 192 g/mol. The minimum absolute atomic E-state index is 0.463. The van der Waals surface area contributed by atoms with E-state index in [1.807, 2.05) is 0 Å². The first-order chi connectivity index (χ1) is 7.70. The van der Waals surface area contributed by atoms with E-state index in [1.165, 1.54) is 37.7 Å². The van der Waals surface area contributed by atoms with Gasteiger partial charge in [-0.25, -0.2) is 0 Å². The first-order valence-electron chi connectivity index (χ1n) is 6.71. The van der Waals surface area contributed by atoms with Gasteiger partial charge in [-0.3, -0.25) is 0 Å². The molecule has 1 aliphatic carbocycles. The second-order valence-electron chi connectivity index (χ2n) is 5.15. The zero-order valence-electron chi connectivity index (χ0n) is 11.1. The van der Waals surface area contributed by atoms with Crippen molar-refractivity contribution >= 4 is 0 Å². The summed E-state index contributed by atoms with van der Waals surface area (Å²) in [5, 5.41) is 0. The van der Waals surface area contributed by atoms with Crippen LogP contribution < -0.4 is 0 Å². The molecule has 0 spiro atoms. The molecule has 0 atom stereocenters. The lowest BCUT2D eigenvalue weighted by atomic mass is 9.75. The van der Waals surface area contributed by atoms with Crippen LogP contribution >= 0.6 is 0 Å². The van der Waals surface area contributed by atoms with Gasteiger partial charge in [0.05, 0.1) is 0 Å². The van der Waals surface area contributed by atoms with E-state index in [4.69, 9.17) is 0 Å². The second kappa shape index (κ2) is 6.73. The van der Waals surface area contributed by atoms with Gasteiger partial charge in [0.25, 0.3) is 0 Å². The number of hydrogen-bond acceptors (Lipinski definition) is 0. The topological polar surface area (TPSA) is 0 Å². The molecule has 16 heavy (non-hydrogen) atoms. The molecule has 0 amide bonds. The van der Waals surface area contributed by atoms with E-state index in [2.05, 4.69) is 51.2 Å². The van der Waals surface area contributed by atoms with Crippen LogP contribution in [0.15, 0.2) is 36.0 Å². The summed E-state index contributed by atoms with van der Waals surface area (Å²) in [4.78, 5) is 0. The van der Waals surface area contributed by atoms with Crippen LogP contribution in [0.4, 0.5) is 0 Å². The Bertz CT molecular complexity index is 272. The normalized spacial score (nSPS) is 22.1. The Kier molecular flexibility index (Phi) is 5.59. The molecule has 1 fully saturated rings. The molecule has 0 N–H and O–H groups in total. The second-order valence-corrected chi connectivity index (χ2v) is 5.15. The molecular formula is C16H26. The SMILES string of the molecule is C\C=C(/C=C\C=C\C1(C)CCCCC1)CC. The van der Waals surface area contributed by atoms with E-state index in [9.17, 15) is 0 Å². The summed E-state index contributed by atoms with van der Waals surface area (Å²) in [6, 6.07) is 0. The molecule has 0 bridgehead atoms. The van der Waals surface area contributed by atoms with E-state index in [0.717, 1.165) is 6.42 Å². The summed E-state index contributed by atoms with van der Waals surface area (Å²) in [7, 11) is 0. The Hall–Kier alpha value is -0.780. The highest BCUT2D eigenvalue weighted by molar-refractivity contribution is 5.22. The molecule has 90 valence electrons. The van der Waals surface area contributed by atoms with E-state index < -0.39 is 0 Å². The minimum atomic E-state index is 0.463. The molecule has 0 aromatic rings. The van der Waals surface area contributed by atoms with Crippen molar-refractivity contribution in [3.05, 3.63) is 36.0 Å². The van der Waals surface area contributed by atoms with Crippen molar-refractivity contribution in [2.75, 3.05) is 0 Å². The average molecular weight is 218 g/mol. The monoisotopic (exact) mass is 218 g/mol. The van der Waals surface area contributed by atoms with Gasteiger partial charge in [0.15, 0.2) is 0 Å². The highest BCUT2D eigenvalue weighted by atomic mass is 14.3. The van der Waals surface area contributed by atoms with Gasteiger partial charge in [0.1, 0.15) is 0 Å². The molecule has 0 aliphatic heterocycles. The molecule has 0 aromatic heterocycles. The van der Waals surface area contributed by atoms with Gasteiger partial charge in [0, 0.05) is 0 Å². The number of hydrogen-bond donors (Lipinski definition) is 0. The predicted octanol–water partition coefficient (Wildman–Crippen LogP) is 5.43. The van der Waals surface area contributed by atoms with Crippen molar-refractivity contribution in [3.8, 4) is 0 Å². The minimum Gasteiger partial charge on any atom is -0.0845 e. The fraction of sp³-hybridized carbons (Fsp3) is 0.625. The van der Waals surface area contributed by atoms with Crippen molar-refractivity contribution < 1.29 is 0 Å². The Morgan fingerprint density at radius 1 is 1.12 bits per heavy atom. The zero-order chi connectivity index (χ0) is 11.9. The first kappa shape index (κ1) is 13.3. The third-order valence-corrected chi connectivity index (χ3v) is 3.69. The van der Waals surface area contributed by atoms with Crippen molar-refractivity contribution in [1.29, 1.82) is 0 Å². The lowest BCUT2D eigenvalue weighted by Crippen LogP contribution is -2.16. The fourth-order valence-electron chi connectivity index (χ4n) is 2.41. The Labute approximate surface area is 101 Å². The summed E-state index contributed by atoms with van der Waals surface area (Å²) in [5.74, 6) is 0. The van der Waals surface area contributed by atoms with E-state index in [-0.39, 0.29) is 0 Å². The Morgan fingerprint density at radius 2 is 1.81 bits per heavy atom. The molecule has 1 aliphatic rings. The molecule has 0 radical (unpaired) electrons. The maximum Gasteiger partial charge on any atom is -0.0143 e. The summed E-state index contributed by atoms with van der Waals surface area (Å²) in [6.45, 7) is 6.70. The molecule has 0 aromatic carbocycles. The molecule has 0 nitrogen and oxygen atoms in total. The van der Waals surface area contributed by atoms with Crippen molar-refractivity contribution in [2.24, 2.45) is 5.41 Å². The van der Waals surface area contributed by atoms with Crippen LogP contribution in [-0.2, 0) is 0 Å². The van der Waals surface area contributed by atoms with E-state index >= 15 is 0 Å². The molecule has 1 rings (SSSR count). The van der Waals surface area contributed by atoms with Gasteiger partial charge in [-0.2, -0.15) is 0 Å². The average Bonchev–Trinajstić information content (AvgIpc) is 2.30. The van der Waals surface area contributed by atoms with Crippen LogP contribution in [0, 0.1) is 5.41 Å². The highest BCUT2D eigenvalue weighted by Crippen LogP contribution is 2.36. The molecule has 0 unspecified atom stereocenters. The van der Waals surface area contributed by atoms with Crippen molar-refractivity contribution in [2.45, 2.75) is 59.3 Å². The van der Waals surface area contributed by atoms with Crippen molar-refractivity contribution in [1.82, 2.24) is 0 Å². The van der Waals surface area contributed by atoms with Gasteiger partial charge in [-0.05, 0) is 31.6 Å². The van der Waals surface area contributed by atoms with E-state index in [0.29, 0.717) is 5.41 Å². The summed E-state index contributed by atoms with van der Waals surface area (Å²) < 4.78 is 0. The van der Waals surface area contributed by atoms with Gasteiger partial charge in [0.2, 0.25) is 0 Å². The number of allylic oxidation sites excluding steroid dienone is 6. The summed E-state index contributed by atoms with van der Waals surface area (Å²) in [5.41, 5.74) is 1.88. The third-order valence-electron chi connectivity index (χ3n) is 3.69. The third kappa shape index (κ3) is 4.38. The lowest BCUT2D eigenvalue weighted by molar-refractivity contribution is 0.286. The lowest BCUT2D eigenvalue weighted by Gasteiger charge is -2.30. The van der Waals surface area contributed by atoms with Gasteiger partial charge in [-0.1, -0.05) is 69.1 Å². The van der Waals surface area contributed by atoms with Crippen LogP contribution in [0.3, 0.4) is 0 Å². The molecule has 0 heteroatoms. The standard InChI is InChI=1S/C16H26/c1-4-15(5-2)11-7-10-14-16(3)12-8-6-9-13-16/h4,7,10-11,14H,5-6,8-9,12-13H2,1-3H3/b11-7-,14-10+,15-4-. The molecule has 0 heterocycles. The fourth-order valence-corrected chi connectivity index (χ4v) is 2.41. The maximum atomic E-state index is 2.41. The van der Waals surface area contributed by atoms with Crippen molar-refractivity contribution in [3.63, 3.8) is 0 Å². The van der Waals surface area contributed by atoms with Crippen LogP contribution in [-0.4, -0.2) is 0 Å². The Balaban J connectivity index is 2.46. The van der Waals surface area contributed by atoms with Gasteiger partial charge < -0.3 is 0 Å². The van der Waals surface area contributed by atoms with Crippen LogP contribution in [0.1, 0.15) is 59.3 Å². The first-order valence-corrected chi connectivity index (χ1v) is 6.71. The maximum absolute atomic E-state index is 2.41. The highest BCUT2D eigenvalue weighted by Gasteiger charge is 2.22. The predicted molar refractivity (Wildman–Crippen MR) is 73.5 cm³/mol. The summed E-state index contributed by atoms with van der Waals surface area (Å²) >= 11 is 0. The van der Waals surface area contributed by atoms with E-state index in [1.54, 1.807) is 0 Å². The van der Waals surface area contributed by atoms with Crippen LogP contribution in [0.25, 0.3) is 0 Å². The quantitative estimate of drug-likeness (QED) is 0.552. The van der Waals surface area contributed by atoms with Gasteiger partial charge in [-0.15, -0.1) is 0 Å². The molecule has 0 saturated heterocycles. The smallest absolute Gasteiger partial charge is 0.0143 e. The van der Waals surface area contributed by atoms with Gasteiger partial charge >= 0.3 is 0 Å². The molecule has 1 saturated carbocycles. The van der Waals surface area contributed by atoms with Crippen LogP contribution in [0.2, 0.25) is 0 Å². The summed E-state index contributed by atoms with van der Waals surface area (Å²) in [6.07, 6.45) is 19.3. The van der Waals surface area contributed by atoms with Crippen LogP contribution in [0.5, 0.6) is 0 Å². The number of rotatable bonds is 4. The Morgan fingerprint density at radius 3 is 2.38 bits per heavy atom.